The Morgan fingerprint density at radius 1 is 1.19 bits per heavy atom. The van der Waals surface area contributed by atoms with E-state index in [0.717, 1.165) is 18.3 Å². The Morgan fingerprint density at radius 2 is 1.75 bits per heavy atom. The molecule has 90 valence electrons. The average Bonchev–Trinajstić information content (AvgIpc) is 2.28. The van der Waals surface area contributed by atoms with E-state index in [4.69, 9.17) is 0 Å². The molecule has 0 heterocycles. The fraction of sp³-hybridized carbons (Fsp3) is 0.571. The molecule has 1 rings (SSSR count). The molecule has 0 bridgehead atoms. The number of aryl methyl sites for hydroxylation is 1. The second-order valence-corrected chi connectivity index (χ2v) is 5.73. The van der Waals surface area contributed by atoms with Crippen molar-refractivity contribution >= 4 is 21.6 Å². The van der Waals surface area contributed by atoms with Gasteiger partial charge < -0.3 is 4.90 Å². The van der Waals surface area contributed by atoms with Crippen LogP contribution in [0.4, 0.5) is 5.69 Å². The summed E-state index contributed by atoms with van der Waals surface area (Å²) >= 11 is 3.57. The first-order chi connectivity index (χ1) is 7.48. The van der Waals surface area contributed by atoms with Crippen LogP contribution in [0.2, 0.25) is 0 Å². The number of hydrogen-bond acceptors (Lipinski definition) is 1. The van der Waals surface area contributed by atoms with Crippen LogP contribution in [0, 0.1) is 5.41 Å². The van der Waals surface area contributed by atoms with Gasteiger partial charge >= 0.3 is 0 Å². The van der Waals surface area contributed by atoms with E-state index in [1.165, 1.54) is 11.3 Å². The van der Waals surface area contributed by atoms with E-state index in [9.17, 15) is 0 Å². The van der Waals surface area contributed by atoms with Crippen molar-refractivity contribution in [2.45, 2.75) is 27.2 Å². The summed E-state index contributed by atoms with van der Waals surface area (Å²) in [5, 5.41) is 1.03. The lowest BCUT2D eigenvalue weighted by Gasteiger charge is -2.30. The van der Waals surface area contributed by atoms with Crippen molar-refractivity contribution in [3.05, 3.63) is 29.8 Å². The minimum atomic E-state index is 0.304. The molecule has 0 aromatic heterocycles. The van der Waals surface area contributed by atoms with Crippen molar-refractivity contribution < 1.29 is 0 Å². The molecule has 0 atom stereocenters. The SMILES string of the molecule is CCc1ccc(N(C)CC(C)(C)CBr)cc1. The standard InChI is InChI=1S/C14H22BrN/c1-5-12-6-8-13(9-7-12)16(4)11-14(2,3)10-15/h6-9H,5,10-11H2,1-4H3. The molecule has 0 saturated carbocycles. The van der Waals surface area contributed by atoms with E-state index in [1.54, 1.807) is 0 Å². The fourth-order valence-corrected chi connectivity index (χ4v) is 1.94. The molecule has 1 nitrogen and oxygen atoms in total. The molecule has 0 saturated heterocycles. The molecule has 16 heavy (non-hydrogen) atoms. The van der Waals surface area contributed by atoms with E-state index >= 15 is 0 Å². The summed E-state index contributed by atoms with van der Waals surface area (Å²) in [6, 6.07) is 8.85. The summed E-state index contributed by atoms with van der Waals surface area (Å²) in [5.74, 6) is 0. The van der Waals surface area contributed by atoms with Gasteiger partial charge in [0.15, 0.2) is 0 Å². The number of nitrogens with zero attached hydrogens (tertiary/aromatic N) is 1. The second kappa shape index (κ2) is 5.72. The summed E-state index contributed by atoms with van der Waals surface area (Å²) in [7, 11) is 2.16. The molecular formula is C14H22BrN. The summed E-state index contributed by atoms with van der Waals surface area (Å²) < 4.78 is 0. The minimum absolute atomic E-state index is 0.304. The number of alkyl halides is 1. The van der Waals surface area contributed by atoms with E-state index in [0.29, 0.717) is 5.41 Å². The lowest BCUT2D eigenvalue weighted by molar-refractivity contribution is 0.432. The Balaban J connectivity index is 2.69. The van der Waals surface area contributed by atoms with Crippen molar-refractivity contribution in [2.24, 2.45) is 5.41 Å². The zero-order chi connectivity index (χ0) is 12.2. The van der Waals surface area contributed by atoms with Gasteiger partial charge in [-0.1, -0.05) is 48.8 Å². The molecule has 0 aliphatic carbocycles. The van der Waals surface area contributed by atoms with Gasteiger partial charge in [0.1, 0.15) is 0 Å². The summed E-state index contributed by atoms with van der Waals surface area (Å²) in [6.07, 6.45) is 1.11. The third-order valence-electron chi connectivity index (χ3n) is 2.81. The van der Waals surface area contributed by atoms with E-state index < -0.39 is 0 Å². The van der Waals surface area contributed by atoms with Crippen molar-refractivity contribution in [3.63, 3.8) is 0 Å². The molecule has 0 spiro atoms. The Labute approximate surface area is 108 Å². The van der Waals surface area contributed by atoms with Gasteiger partial charge in [-0.25, -0.2) is 0 Å². The van der Waals surface area contributed by atoms with Crippen LogP contribution in [0.15, 0.2) is 24.3 Å². The first-order valence-electron chi connectivity index (χ1n) is 5.84. The number of anilines is 1. The van der Waals surface area contributed by atoms with Crippen LogP contribution >= 0.6 is 15.9 Å². The third-order valence-corrected chi connectivity index (χ3v) is 4.33. The van der Waals surface area contributed by atoms with Gasteiger partial charge in [-0.2, -0.15) is 0 Å². The Hall–Kier alpha value is -0.500. The molecule has 0 N–H and O–H groups in total. The van der Waals surface area contributed by atoms with Gasteiger partial charge in [-0.15, -0.1) is 0 Å². The predicted octanol–water partition coefficient (Wildman–Crippen LogP) is 4.11. The first kappa shape index (κ1) is 13.6. The van der Waals surface area contributed by atoms with Crippen LogP contribution in [0.25, 0.3) is 0 Å². The number of halogens is 1. The summed E-state index contributed by atoms with van der Waals surface area (Å²) in [4.78, 5) is 2.32. The molecule has 0 aliphatic rings. The Kier molecular flexibility index (Phi) is 4.85. The second-order valence-electron chi connectivity index (χ2n) is 5.17. The quantitative estimate of drug-likeness (QED) is 0.736. The maximum absolute atomic E-state index is 3.57. The monoisotopic (exact) mass is 283 g/mol. The molecule has 0 fully saturated rings. The number of hydrogen-bond donors (Lipinski definition) is 0. The molecule has 1 aromatic rings. The maximum atomic E-state index is 3.57. The van der Waals surface area contributed by atoms with Crippen molar-refractivity contribution in [2.75, 3.05) is 23.8 Å². The highest BCUT2D eigenvalue weighted by Crippen LogP contribution is 2.23. The van der Waals surface area contributed by atoms with Gasteiger partial charge in [0.25, 0.3) is 0 Å². The normalized spacial score (nSPS) is 11.6. The van der Waals surface area contributed by atoms with Crippen molar-refractivity contribution in [3.8, 4) is 0 Å². The van der Waals surface area contributed by atoms with Crippen molar-refractivity contribution in [1.82, 2.24) is 0 Å². The van der Waals surface area contributed by atoms with Crippen LogP contribution in [-0.4, -0.2) is 18.9 Å². The molecule has 2 heteroatoms. The van der Waals surface area contributed by atoms with Crippen LogP contribution in [0.1, 0.15) is 26.3 Å². The van der Waals surface area contributed by atoms with Gasteiger partial charge in [0.2, 0.25) is 0 Å². The topological polar surface area (TPSA) is 3.24 Å². The lowest BCUT2D eigenvalue weighted by atomic mass is 9.96. The summed E-state index contributed by atoms with van der Waals surface area (Å²) in [6.45, 7) is 7.80. The highest BCUT2D eigenvalue weighted by atomic mass is 79.9. The van der Waals surface area contributed by atoms with Gasteiger partial charge in [-0.3, -0.25) is 0 Å². The zero-order valence-electron chi connectivity index (χ0n) is 10.8. The highest BCUT2D eigenvalue weighted by Gasteiger charge is 2.18. The largest absolute Gasteiger partial charge is 0.374 e. The average molecular weight is 284 g/mol. The van der Waals surface area contributed by atoms with Crippen LogP contribution < -0.4 is 4.90 Å². The zero-order valence-corrected chi connectivity index (χ0v) is 12.3. The van der Waals surface area contributed by atoms with Gasteiger partial charge in [-0.05, 0) is 29.5 Å². The van der Waals surface area contributed by atoms with Crippen LogP contribution in [0.5, 0.6) is 0 Å². The molecule has 0 radical (unpaired) electrons. The molecule has 0 unspecified atom stereocenters. The van der Waals surface area contributed by atoms with Crippen LogP contribution in [-0.2, 0) is 6.42 Å². The smallest absolute Gasteiger partial charge is 0.0363 e. The van der Waals surface area contributed by atoms with Crippen molar-refractivity contribution in [1.29, 1.82) is 0 Å². The molecule has 1 aromatic carbocycles. The number of rotatable bonds is 5. The van der Waals surface area contributed by atoms with E-state index in [-0.39, 0.29) is 0 Å². The molecule has 0 aliphatic heterocycles. The number of benzene rings is 1. The minimum Gasteiger partial charge on any atom is -0.374 e. The van der Waals surface area contributed by atoms with Crippen LogP contribution in [0.3, 0.4) is 0 Å². The predicted molar refractivity (Wildman–Crippen MR) is 76.7 cm³/mol. The fourth-order valence-electron chi connectivity index (χ4n) is 1.76. The maximum Gasteiger partial charge on any atom is 0.0363 e. The first-order valence-corrected chi connectivity index (χ1v) is 6.96. The third kappa shape index (κ3) is 3.82. The highest BCUT2D eigenvalue weighted by molar-refractivity contribution is 9.09. The van der Waals surface area contributed by atoms with E-state index in [2.05, 4.69) is 72.9 Å². The van der Waals surface area contributed by atoms with Gasteiger partial charge in [0.05, 0.1) is 0 Å². The Bertz CT molecular complexity index is 316. The van der Waals surface area contributed by atoms with Gasteiger partial charge in [0, 0.05) is 24.6 Å². The molecular weight excluding hydrogens is 262 g/mol. The molecule has 0 amide bonds. The Morgan fingerprint density at radius 3 is 2.19 bits per heavy atom. The van der Waals surface area contributed by atoms with E-state index in [1.807, 2.05) is 0 Å². The summed E-state index contributed by atoms with van der Waals surface area (Å²) in [5.41, 5.74) is 3.00. The lowest BCUT2D eigenvalue weighted by Crippen LogP contribution is -2.32.